The molecule has 0 bridgehead atoms. The molecule has 0 fully saturated rings. The van der Waals surface area contributed by atoms with Gasteiger partial charge in [0.05, 0.1) is 19.4 Å². The van der Waals surface area contributed by atoms with Gasteiger partial charge in [-0.25, -0.2) is 4.39 Å². The van der Waals surface area contributed by atoms with Crippen molar-refractivity contribution in [1.82, 2.24) is 0 Å². The third-order valence-corrected chi connectivity index (χ3v) is 2.45. The van der Waals surface area contributed by atoms with Crippen molar-refractivity contribution >= 4 is 11.6 Å². The molecule has 1 aromatic heterocycles. The second kappa shape index (κ2) is 5.35. The lowest BCUT2D eigenvalue weighted by Crippen LogP contribution is -2.33. The van der Waals surface area contributed by atoms with Crippen LogP contribution in [-0.4, -0.2) is 12.5 Å². The van der Waals surface area contributed by atoms with E-state index in [1.807, 2.05) is 0 Å². The highest BCUT2D eigenvalue weighted by Gasteiger charge is 2.12. The SMILES string of the molecule is NC(=O)CN(Cc1ccco1)c1cccc(F)c1. The summed E-state index contributed by atoms with van der Waals surface area (Å²) in [6, 6.07) is 9.54. The largest absolute Gasteiger partial charge is 0.467 e. The first-order valence-corrected chi connectivity index (χ1v) is 5.46. The van der Waals surface area contributed by atoms with Gasteiger partial charge in [0.25, 0.3) is 0 Å². The number of amides is 1. The summed E-state index contributed by atoms with van der Waals surface area (Å²) in [5.41, 5.74) is 5.78. The number of anilines is 1. The Morgan fingerprint density at radius 2 is 2.17 bits per heavy atom. The number of primary amides is 1. The van der Waals surface area contributed by atoms with Crippen LogP contribution >= 0.6 is 0 Å². The van der Waals surface area contributed by atoms with E-state index in [9.17, 15) is 9.18 Å². The summed E-state index contributed by atoms with van der Waals surface area (Å²) in [4.78, 5) is 12.7. The van der Waals surface area contributed by atoms with Crippen LogP contribution in [0.25, 0.3) is 0 Å². The third kappa shape index (κ3) is 3.10. The van der Waals surface area contributed by atoms with Crippen LogP contribution in [0.15, 0.2) is 47.1 Å². The Bertz CT molecular complexity index is 526. The average molecular weight is 248 g/mol. The van der Waals surface area contributed by atoms with E-state index in [2.05, 4.69) is 0 Å². The summed E-state index contributed by atoms with van der Waals surface area (Å²) in [6.07, 6.45) is 1.54. The van der Waals surface area contributed by atoms with Gasteiger partial charge in [-0.1, -0.05) is 6.07 Å². The number of carbonyl (C=O) groups is 1. The molecule has 1 aromatic carbocycles. The second-order valence-corrected chi connectivity index (χ2v) is 3.88. The molecule has 5 heteroatoms. The zero-order valence-corrected chi connectivity index (χ0v) is 9.67. The fraction of sp³-hybridized carbons (Fsp3) is 0.154. The van der Waals surface area contributed by atoms with Crippen molar-refractivity contribution < 1.29 is 13.6 Å². The summed E-state index contributed by atoms with van der Waals surface area (Å²) < 4.78 is 18.4. The molecule has 0 aliphatic carbocycles. The number of benzene rings is 1. The van der Waals surface area contributed by atoms with Crippen molar-refractivity contribution in [3.05, 3.63) is 54.2 Å². The summed E-state index contributed by atoms with van der Waals surface area (Å²) in [5.74, 6) is -0.159. The molecule has 18 heavy (non-hydrogen) atoms. The topological polar surface area (TPSA) is 59.5 Å². The van der Waals surface area contributed by atoms with Gasteiger partial charge in [0.2, 0.25) is 5.91 Å². The van der Waals surface area contributed by atoms with Gasteiger partial charge in [0.15, 0.2) is 0 Å². The van der Waals surface area contributed by atoms with Crippen LogP contribution in [0.3, 0.4) is 0 Å². The molecule has 0 aliphatic heterocycles. The maximum Gasteiger partial charge on any atom is 0.236 e. The molecule has 1 amide bonds. The highest BCUT2D eigenvalue weighted by molar-refractivity contribution is 5.79. The van der Waals surface area contributed by atoms with Crippen molar-refractivity contribution in [3.8, 4) is 0 Å². The first-order valence-electron chi connectivity index (χ1n) is 5.46. The van der Waals surface area contributed by atoms with Crippen molar-refractivity contribution in [2.75, 3.05) is 11.4 Å². The molecule has 0 saturated heterocycles. The van der Waals surface area contributed by atoms with Crippen molar-refractivity contribution in [2.45, 2.75) is 6.54 Å². The van der Waals surface area contributed by atoms with Gasteiger partial charge >= 0.3 is 0 Å². The van der Waals surface area contributed by atoms with Gasteiger partial charge in [-0.15, -0.1) is 0 Å². The molecular formula is C13H13FN2O2. The Morgan fingerprint density at radius 3 is 2.78 bits per heavy atom. The minimum atomic E-state index is -0.481. The van der Waals surface area contributed by atoms with Crippen LogP contribution in [0.2, 0.25) is 0 Å². The number of nitrogens with zero attached hydrogens (tertiary/aromatic N) is 1. The quantitative estimate of drug-likeness (QED) is 0.879. The van der Waals surface area contributed by atoms with Crippen molar-refractivity contribution in [2.24, 2.45) is 5.73 Å². The van der Waals surface area contributed by atoms with E-state index in [4.69, 9.17) is 10.2 Å². The van der Waals surface area contributed by atoms with Crippen LogP contribution in [0, 0.1) is 5.82 Å². The number of hydrogen-bond acceptors (Lipinski definition) is 3. The Morgan fingerprint density at radius 1 is 1.33 bits per heavy atom. The predicted octanol–water partition coefficient (Wildman–Crippen LogP) is 1.91. The normalized spacial score (nSPS) is 10.3. The third-order valence-electron chi connectivity index (χ3n) is 2.45. The van der Waals surface area contributed by atoms with E-state index in [1.54, 1.807) is 35.4 Å². The summed E-state index contributed by atoms with van der Waals surface area (Å²) in [6.45, 7) is 0.365. The van der Waals surface area contributed by atoms with Crippen molar-refractivity contribution in [3.63, 3.8) is 0 Å². The van der Waals surface area contributed by atoms with Gasteiger partial charge in [-0.3, -0.25) is 4.79 Å². The Balaban J connectivity index is 2.21. The minimum absolute atomic E-state index is 0.00412. The molecule has 2 N–H and O–H groups in total. The van der Waals surface area contributed by atoms with E-state index in [0.717, 1.165) is 0 Å². The zero-order chi connectivity index (χ0) is 13.0. The Kier molecular flexibility index (Phi) is 3.62. The molecule has 0 unspecified atom stereocenters. The molecule has 0 saturated carbocycles. The van der Waals surface area contributed by atoms with Crippen LogP contribution in [-0.2, 0) is 11.3 Å². The van der Waals surface area contributed by atoms with Gasteiger partial charge < -0.3 is 15.1 Å². The molecule has 4 nitrogen and oxygen atoms in total. The summed E-state index contributed by atoms with van der Waals surface area (Å²) in [7, 11) is 0. The first-order chi connectivity index (χ1) is 8.65. The van der Waals surface area contributed by atoms with E-state index in [1.165, 1.54) is 12.1 Å². The summed E-state index contributed by atoms with van der Waals surface area (Å²) in [5, 5.41) is 0. The number of halogens is 1. The smallest absolute Gasteiger partial charge is 0.236 e. The van der Waals surface area contributed by atoms with Crippen molar-refractivity contribution in [1.29, 1.82) is 0 Å². The minimum Gasteiger partial charge on any atom is -0.467 e. The lowest BCUT2D eigenvalue weighted by molar-refractivity contribution is -0.116. The molecule has 94 valence electrons. The fourth-order valence-electron chi connectivity index (χ4n) is 1.69. The monoisotopic (exact) mass is 248 g/mol. The molecule has 2 rings (SSSR count). The molecule has 0 atom stereocenters. The number of hydrogen-bond donors (Lipinski definition) is 1. The van der Waals surface area contributed by atoms with Crippen LogP contribution < -0.4 is 10.6 Å². The Hall–Kier alpha value is -2.30. The lowest BCUT2D eigenvalue weighted by Gasteiger charge is -2.22. The second-order valence-electron chi connectivity index (χ2n) is 3.88. The maximum atomic E-state index is 13.2. The van der Waals surface area contributed by atoms with Crippen LogP contribution in [0.5, 0.6) is 0 Å². The lowest BCUT2D eigenvalue weighted by atomic mass is 10.2. The molecule has 0 spiro atoms. The molecule has 1 heterocycles. The van der Waals surface area contributed by atoms with E-state index < -0.39 is 5.91 Å². The Labute approximate surface area is 104 Å². The first kappa shape index (κ1) is 12.2. The number of nitrogens with two attached hydrogens (primary N) is 1. The van der Waals surface area contributed by atoms with E-state index in [-0.39, 0.29) is 12.4 Å². The standard InChI is InChI=1S/C13H13FN2O2/c14-10-3-1-4-11(7-10)16(9-13(15)17)8-12-5-2-6-18-12/h1-7H,8-9H2,(H2,15,17). The van der Waals surface area contributed by atoms with Crippen LogP contribution in [0.4, 0.5) is 10.1 Å². The zero-order valence-electron chi connectivity index (χ0n) is 9.67. The molecule has 2 aromatic rings. The molecular weight excluding hydrogens is 235 g/mol. The summed E-state index contributed by atoms with van der Waals surface area (Å²) >= 11 is 0. The van der Waals surface area contributed by atoms with Gasteiger partial charge in [-0.05, 0) is 30.3 Å². The predicted molar refractivity (Wildman–Crippen MR) is 65.4 cm³/mol. The maximum absolute atomic E-state index is 13.2. The highest BCUT2D eigenvalue weighted by Crippen LogP contribution is 2.18. The molecule has 0 radical (unpaired) electrons. The van der Waals surface area contributed by atoms with E-state index >= 15 is 0 Å². The molecule has 0 aliphatic rings. The highest BCUT2D eigenvalue weighted by atomic mass is 19.1. The van der Waals surface area contributed by atoms with Crippen LogP contribution in [0.1, 0.15) is 5.76 Å². The van der Waals surface area contributed by atoms with Gasteiger partial charge in [-0.2, -0.15) is 0 Å². The average Bonchev–Trinajstić information content (AvgIpc) is 2.80. The van der Waals surface area contributed by atoms with Gasteiger partial charge in [0.1, 0.15) is 11.6 Å². The number of carbonyl (C=O) groups excluding carboxylic acids is 1. The van der Waals surface area contributed by atoms with E-state index in [0.29, 0.717) is 18.0 Å². The fourth-order valence-corrected chi connectivity index (χ4v) is 1.69. The number of rotatable bonds is 5. The number of furan rings is 1. The van der Waals surface area contributed by atoms with Gasteiger partial charge in [0, 0.05) is 5.69 Å².